The molecule has 24 heavy (non-hydrogen) atoms. The number of amides is 2. The van der Waals surface area contributed by atoms with Crippen molar-refractivity contribution in [2.24, 2.45) is 0 Å². The van der Waals surface area contributed by atoms with E-state index >= 15 is 0 Å². The van der Waals surface area contributed by atoms with Crippen LogP contribution in [0.3, 0.4) is 0 Å². The summed E-state index contributed by atoms with van der Waals surface area (Å²) in [5, 5.41) is 15.6. The molecule has 124 valence electrons. The topological polar surface area (TPSA) is 111 Å². The van der Waals surface area contributed by atoms with Crippen molar-refractivity contribution in [3.8, 4) is 5.75 Å². The van der Waals surface area contributed by atoms with Crippen molar-refractivity contribution in [3.05, 3.63) is 58.1 Å². The maximum Gasteiger partial charge on any atom is 0.314 e. The largest absolute Gasteiger partial charge is 0.495 e. The van der Waals surface area contributed by atoms with Crippen LogP contribution in [0.5, 0.6) is 5.75 Å². The zero-order valence-corrected chi connectivity index (χ0v) is 13.0. The number of ether oxygens (including phenoxy) is 1. The quantitative estimate of drug-likeness (QED) is 0.508. The molecule has 0 aliphatic rings. The minimum atomic E-state index is -0.963. The summed E-state index contributed by atoms with van der Waals surface area (Å²) < 4.78 is 5.03. The van der Waals surface area contributed by atoms with Gasteiger partial charge in [0.25, 0.3) is 5.69 Å². The first-order chi connectivity index (χ1) is 11.4. The Hall–Kier alpha value is -3.42. The molecule has 2 rings (SSSR count). The number of nitro groups is 1. The molecule has 2 N–H and O–H groups in total. The van der Waals surface area contributed by atoms with E-state index in [2.05, 4.69) is 10.6 Å². The Labute approximate surface area is 137 Å². The minimum absolute atomic E-state index is 0.0380. The number of nitrogens with zero attached hydrogens (tertiary/aromatic N) is 1. The van der Waals surface area contributed by atoms with E-state index < -0.39 is 16.7 Å². The third-order valence-electron chi connectivity index (χ3n) is 3.12. The minimum Gasteiger partial charge on any atom is -0.495 e. The third-order valence-corrected chi connectivity index (χ3v) is 3.12. The van der Waals surface area contributed by atoms with E-state index in [4.69, 9.17) is 4.74 Å². The summed E-state index contributed by atoms with van der Waals surface area (Å²) in [6, 6.07) is 10.6. The normalized spacial score (nSPS) is 9.92. The molecule has 2 amide bonds. The van der Waals surface area contributed by atoms with Crippen molar-refractivity contribution in [2.75, 3.05) is 17.7 Å². The van der Waals surface area contributed by atoms with Gasteiger partial charge in [-0.1, -0.05) is 12.1 Å². The van der Waals surface area contributed by atoms with Gasteiger partial charge in [-0.05, 0) is 30.7 Å². The molecular weight excluding hydrogens is 314 g/mol. The average Bonchev–Trinajstić information content (AvgIpc) is 2.54. The van der Waals surface area contributed by atoms with Gasteiger partial charge >= 0.3 is 11.8 Å². The number of non-ortho nitro benzene ring substituents is 1. The van der Waals surface area contributed by atoms with Gasteiger partial charge < -0.3 is 15.4 Å². The van der Waals surface area contributed by atoms with E-state index in [1.807, 2.05) is 13.0 Å². The van der Waals surface area contributed by atoms with E-state index in [9.17, 15) is 19.7 Å². The molecule has 0 saturated heterocycles. The van der Waals surface area contributed by atoms with Gasteiger partial charge in [0.1, 0.15) is 5.75 Å². The predicted molar refractivity (Wildman–Crippen MR) is 88.1 cm³/mol. The van der Waals surface area contributed by atoms with E-state index in [1.54, 1.807) is 18.2 Å². The average molecular weight is 329 g/mol. The van der Waals surface area contributed by atoms with Crippen LogP contribution >= 0.6 is 0 Å². The maximum atomic E-state index is 12.0. The Morgan fingerprint density at radius 3 is 2.42 bits per heavy atom. The number of benzene rings is 2. The van der Waals surface area contributed by atoms with Crippen LogP contribution in [-0.4, -0.2) is 23.8 Å². The fraction of sp³-hybridized carbons (Fsp3) is 0.125. The summed E-state index contributed by atoms with van der Waals surface area (Å²) in [6.45, 7) is 1.85. The lowest BCUT2D eigenvalue weighted by molar-refractivity contribution is -0.384. The molecule has 0 unspecified atom stereocenters. The molecule has 0 aliphatic heterocycles. The highest BCUT2D eigenvalue weighted by Gasteiger charge is 2.18. The fourth-order valence-electron chi connectivity index (χ4n) is 2.00. The second kappa shape index (κ2) is 7.23. The van der Waals surface area contributed by atoms with Gasteiger partial charge in [0, 0.05) is 17.8 Å². The summed E-state index contributed by atoms with van der Waals surface area (Å²) in [6.07, 6.45) is 0. The van der Waals surface area contributed by atoms with E-state index in [0.29, 0.717) is 5.69 Å². The molecule has 2 aromatic rings. The van der Waals surface area contributed by atoms with Crippen LogP contribution in [0.15, 0.2) is 42.5 Å². The standard InChI is InChI=1S/C16H15N3O5/c1-10-4-3-5-11(8-10)17-15(20)16(21)18-13-9-12(19(22)23)6-7-14(13)24-2/h3-9H,1-2H3,(H,17,20)(H,18,21). The van der Waals surface area contributed by atoms with E-state index in [-0.39, 0.29) is 17.1 Å². The van der Waals surface area contributed by atoms with E-state index in [1.165, 1.54) is 19.2 Å². The molecule has 0 atom stereocenters. The zero-order valence-electron chi connectivity index (χ0n) is 13.0. The smallest absolute Gasteiger partial charge is 0.314 e. The Bertz CT molecular complexity index is 804. The summed E-state index contributed by atoms with van der Waals surface area (Å²) >= 11 is 0. The molecule has 8 nitrogen and oxygen atoms in total. The number of methoxy groups -OCH3 is 1. The molecule has 0 bridgehead atoms. The molecule has 0 heterocycles. The predicted octanol–water partition coefficient (Wildman–Crippen LogP) is 2.49. The highest BCUT2D eigenvalue weighted by atomic mass is 16.6. The summed E-state index contributed by atoms with van der Waals surface area (Å²) in [7, 11) is 1.35. The number of aryl methyl sites for hydroxylation is 1. The molecule has 0 fully saturated rings. The number of anilines is 2. The molecule has 0 saturated carbocycles. The molecule has 0 aromatic heterocycles. The Morgan fingerprint density at radius 2 is 1.79 bits per heavy atom. The summed E-state index contributed by atoms with van der Waals surface area (Å²) in [4.78, 5) is 34.2. The van der Waals surface area contributed by atoms with Crippen LogP contribution in [0.25, 0.3) is 0 Å². The van der Waals surface area contributed by atoms with Crippen molar-refractivity contribution in [3.63, 3.8) is 0 Å². The summed E-state index contributed by atoms with van der Waals surface area (Å²) in [5.74, 6) is -1.65. The van der Waals surface area contributed by atoms with Crippen molar-refractivity contribution >= 4 is 28.9 Å². The fourth-order valence-corrected chi connectivity index (χ4v) is 2.00. The molecule has 2 aromatic carbocycles. The second-order valence-electron chi connectivity index (χ2n) is 4.92. The number of carbonyl (C=O) groups is 2. The van der Waals surface area contributed by atoms with Crippen molar-refractivity contribution in [2.45, 2.75) is 6.92 Å². The van der Waals surface area contributed by atoms with Crippen LogP contribution in [0, 0.1) is 17.0 Å². The van der Waals surface area contributed by atoms with Gasteiger partial charge in [0.05, 0.1) is 17.7 Å². The first-order valence-corrected chi connectivity index (χ1v) is 6.92. The van der Waals surface area contributed by atoms with Gasteiger partial charge in [-0.2, -0.15) is 0 Å². The van der Waals surface area contributed by atoms with Crippen LogP contribution in [0.4, 0.5) is 17.1 Å². The van der Waals surface area contributed by atoms with Crippen LogP contribution in [0.2, 0.25) is 0 Å². The lowest BCUT2D eigenvalue weighted by Crippen LogP contribution is -2.29. The van der Waals surface area contributed by atoms with Gasteiger partial charge in [0.15, 0.2) is 0 Å². The molecule has 8 heteroatoms. The molecule has 0 radical (unpaired) electrons. The monoisotopic (exact) mass is 329 g/mol. The highest BCUT2D eigenvalue weighted by Crippen LogP contribution is 2.28. The van der Waals surface area contributed by atoms with Gasteiger partial charge in [0.2, 0.25) is 0 Å². The summed E-state index contributed by atoms with van der Waals surface area (Å²) in [5.41, 5.74) is 1.20. The Balaban J connectivity index is 2.15. The zero-order chi connectivity index (χ0) is 17.7. The lowest BCUT2D eigenvalue weighted by atomic mass is 10.2. The number of hydrogen-bond acceptors (Lipinski definition) is 5. The van der Waals surface area contributed by atoms with Gasteiger partial charge in [-0.3, -0.25) is 19.7 Å². The highest BCUT2D eigenvalue weighted by molar-refractivity contribution is 6.43. The second-order valence-corrected chi connectivity index (χ2v) is 4.92. The molecule has 0 aliphatic carbocycles. The van der Waals surface area contributed by atoms with Crippen LogP contribution in [-0.2, 0) is 9.59 Å². The van der Waals surface area contributed by atoms with Crippen LogP contribution in [0.1, 0.15) is 5.56 Å². The van der Waals surface area contributed by atoms with E-state index in [0.717, 1.165) is 11.6 Å². The Morgan fingerprint density at radius 1 is 1.08 bits per heavy atom. The molecule has 0 spiro atoms. The number of nitro benzene ring substituents is 1. The maximum absolute atomic E-state index is 12.0. The van der Waals surface area contributed by atoms with Crippen molar-refractivity contribution in [1.29, 1.82) is 0 Å². The number of carbonyl (C=O) groups excluding carboxylic acids is 2. The first kappa shape index (κ1) is 16.9. The Kier molecular flexibility index (Phi) is 5.10. The first-order valence-electron chi connectivity index (χ1n) is 6.92. The number of hydrogen-bond donors (Lipinski definition) is 2. The van der Waals surface area contributed by atoms with Crippen molar-refractivity contribution in [1.82, 2.24) is 0 Å². The van der Waals surface area contributed by atoms with Gasteiger partial charge in [-0.25, -0.2) is 0 Å². The lowest BCUT2D eigenvalue weighted by Gasteiger charge is -2.10. The van der Waals surface area contributed by atoms with Crippen LogP contribution < -0.4 is 15.4 Å². The number of rotatable bonds is 4. The van der Waals surface area contributed by atoms with Gasteiger partial charge in [-0.15, -0.1) is 0 Å². The van der Waals surface area contributed by atoms with Crippen molar-refractivity contribution < 1.29 is 19.2 Å². The SMILES string of the molecule is COc1ccc([N+](=O)[O-])cc1NC(=O)C(=O)Nc1cccc(C)c1. The number of nitrogens with one attached hydrogen (secondary N) is 2. The third kappa shape index (κ3) is 4.07. The molecular formula is C16H15N3O5.